The van der Waals surface area contributed by atoms with Gasteiger partial charge in [0.2, 0.25) is 0 Å². The van der Waals surface area contributed by atoms with Crippen LogP contribution in [0.15, 0.2) is 97.1 Å². The summed E-state index contributed by atoms with van der Waals surface area (Å²) in [6.45, 7) is 0.173. The first-order valence-electron chi connectivity index (χ1n) is 9.04. The number of hydrogen-bond acceptors (Lipinski definition) is 4. The zero-order valence-corrected chi connectivity index (χ0v) is 16.3. The minimum Gasteiger partial charge on any atom is -0.377 e. The van der Waals surface area contributed by atoms with Crippen LogP contribution >= 0.6 is 7.60 Å². The second-order valence-corrected chi connectivity index (χ2v) is 8.37. The third-order valence-electron chi connectivity index (χ3n) is 4.09. The molecular weight excluding hydrogens is 371 g/mol. The molecule has 144 valence electrons. The van der Waals surface area contributed by atoms with Gasteiger partial charge in [-0.05, 0) is 22.8 Å². The highest BCUT2D eigenvalue weighted by atomic mass is 31.2. The van der Waals surface area contributed by atoms with E-state index >= 15 is 0 Å². The molecule has 1 unspecified atom stereocenters. The maximum absolute atomic E-state index is 13.3. The van der Waals surface area contributed by atoms with E-state index in [0.29, 0.717) is 0 Å². The van der Waals surface area contributed by atoms with E-state index in [1.165, 1.54) is 6.08 Å². The van der Waals surface area contributed by atoms with Gasteiger partial charge in [-0.1, -0.05) is 97.1 Å². The average Bonchev–Trinajstić information content (AvgIpc) is 2.77. The van der Waals surface area contributed by atoms with Crippen LogP contribution in [0.25, 0.3) is 6.08 Å². The van der Waals surface area contributed by atoms with Crippen LogP contribution in [0, 0.1) is 0 Å². The van der Waals surface area contributed by atoms with E-state index in [0.717, 1.165) is 16.7 Å². The van der Waals surface area contributed by atoms with E-state index < -0.39 is 13.4 Å². The Morgan fingerprint density at radius 1 is 0.750 bits per heavy atom. The molecule has 0 aliphatic carbocycles. The van der Waals surface area contributed by atoms with E-state index in [9.17, 15) is 9.67 Å². The number of rotatable bonds is 9. The van der Waals surface area contributed by atoms with Crippen molar-refractivity contribution in [3.05, 3.63) is 114 Å². The largest absolute Gasteiger partial charge is 0.377 e. The molecular formula is C23H23O4P. The summed E-state index contributed by atoms with van der Waals surface area (Å²) in [4.78, 5) is 0. The number of aliphatic hydroxyl groups excluding tert-OH is 1. The van der Waals surface area contributed by atoms with E-state index in [1.54, 1.807) is 6.08 Å². The molecule has 3 rings (SSSR count). The Balaban J connectivity index is 1.73. The van der Waals surface area contributed by atoms with Gasteiger partial charge in [0.25, 0.3) is 0 Å². The van der Waals surface area contributed by atoms with Gasteiger partial charge in [0.15, 0.2) is 5.85 Å². The van der Waals surface area contributed by atoms with Crippen LogP contribution in [0.1, 0.15) is 16.7 Å². The van der Waals surface area contributed by atoms with Crippen LogP contribution < -0.4 is 0 Å². The summed E-state index contributed by atoms with van der Waals surface area (Å²) in [5.74, 6) is -1.37. The maximum atomic E-state index is 13.3. The third kappa shape index (κ3) is 6.01. The molecule has 0 aliphatic heterocycles. The van der Waals surface area contributed by atoms with Gasteiger partial charge in [0.05, 0.1) is 13.2 Å². The predicted molar refractivity (Wildman–Crippen MR) is 112 cm³/mol. The molecule has 4 nitrogen and oxygen atoms in total. The quantitative estimate of drug-likeness (QED) is 0.477. The van der Waals surface area contributed by atoms with Gasteiger partial charge < -0.3 is 14.2 Å². The Morgan fingerprint density at radius 3 is 1.64 bits per heavy atom. The van der Waals surface area contributed by atoms with Gasteiger partial charge in [-0.15, -0.1) is 0 Å². The Morgan fingerprint density at radius 2 is 1.18 bits per heavy atom. The molecule has 1 atom stereocenters. The van der Waals surface area contributed by atoms with Crippen LogP contribution in [0.2, 0.25) is 0 Å². The van der Waals surface area contributed by atoms with Crippen molar-refractivity contribution in [3.63, 3.8) is 0 Å². The van der Waals surface area contributed by atoms with E-state index in [4.69, 9.17) is 9.05 Å². The molecule has 1 N–H and O–H groups in total. The normalized spacial score (nSPS) is 12.9. The summed E-state index contributed by atoms with van der Waals surface area (Å²) in [7, 11) is -3.81. The third-order valence-corrected chi connectivity index (χ3v) is 5.89. The van der Waals surface area contributed by atoms with Gasteiger partial charge in [0.1, 0.15) is 0 Å². The van der Waals surface area contributed by atoms with Crippen LogP contribution in [-0.4, -0.2) is 11.0 Å². The lowest BCUT2D eigenvalue weighted by molar-refractivity contribution is 0.149. The fourth-order valence-electron chi connectivity index (χ4n) is 2.53. The van der Waals surface area contributed by atoms with Crippen molar-refractivity contribution in [1.29, 1.82) is 0 Å². The van der Waals surface area contributed by atoms with Crippen molar-refractivity contribution in [2.45, 2.75) is 19.1 Å². The molecule has 0 amide bonds. The highest BCUT2D eigenvalue weighted by Gasteiger charge is 2.33. The molecule has 0 saturated carbocycles. The van der Waals surface area contributed by atoms with Crippen molar-refractivity contribution in [1.82, 2.24) is 0 Å². The Labute approximate surface area is 165 Å². The summed E-state index contributed by atoms with van der Waals surface area (Å²) < 4.78 is 24.6. The van der Waals surface area contributed by atoms with Gasteiger partial charge in [-0.2, -0.15) is 0 Å². The first-order chi connectivity index (χ1) is 13.7. The fraction of sp³-hybridized carbons (Fsp3) is 0.130. The Bertz CT molecular complexity index is 864. The SMILES string of the molecule is O=P(OCc1ccccc1)(OCc1ccccc1)C(O)/C=C/c1ccccc1. The lowest BCUT2D eigenvalue weighted by Gasteiger charge is -2.21. The van der Waals surface area contributed by atoms with Crippen LogP contribution in [-0.2, 0) is 26.8 Å². The van der Waals surface area contributed by atoms with Crippen LogP contribution in [0.5, 0.6) is 0 Å². The predicted octanol–water partition coefficient (Wildman–Crippen LogP) is 5.64. The van der Waals surface area contributed by atoms with Gasteiger partial charge in [-0.25, -0.2) is 0 Å². The summed E-state index contributed by atoms with van der Waals surface area (Å²) in [6, 6.07) is 28.2. The highest BCUT2D eigenvalue weighted by molar-refractivity contribution is 7.54. The lowest BCUT2D eigenvalue weighted by Crippen LogP contribution is -2.10. The number of benzene rings is 3. The lowest BCUT2D eigenvalue weighted by atomic mass is 10.2. The molecule has 0 heterocycles. The Hall–Kier alpha value is -2.49. The number of aliphatic hydroxyl groups is 1. The number of hydrogen-bond donors (Lipinski definition) is 1. The zero-order valence-electron chi connectivity index (χ0n) is 15.4. The monoisotopic (exact) mass is 394 g/mol. The van der Waals surface area contributed by atoms with Gasteiger partial charge in [0, 0.05) is 0 Å². The summed E-state index contributed by atoms with van der Waals surface area (Å²) in [6.07, 6.45) is 3.15. The smallest absolute Gasteiger partial charge is 0.363 e. The average molecular weight is 394 g/mol. The molecule has 0 spiro atoms. The van der Waals surface area contributed by atoms with Crippen LogP contribution in [0.3, 0.4) is 0 Å². The van der Waals surface area contributed by atoms with Crippen molar-refractivity contribution < 1.29 is 18.7 Å². The van der Waals surface area contributed by atoms with Gasteiger partial charge >= 0.3 is 7.60 Å². The summed E-state index contributed by atoms with van der Waals surface area (Å²) in [5.41, 5.74) is 2.59. The molecule has 0 aromatic heterocycles. The van der Waals surface area contributed by atoms with Crippen molar-refractivity contribution in [2.24, 2.45) is 0 Å². The second kappa shape index (κ2) is 10.2. The standard InChI is InChI=1S/C23H23O4P/c24-23(17-16-20-10-4-1-5-11-20)28(25,26-18-21-12-6-2-7-13-21)27-19-22-14-8-3-9-15-22/h1-17,23-24H,18-19H2/b17-16+. The molecule has 0 aliphatic rings. The fourth-order valence-corrected chi connectivity index (χ4v) is 3.87. The van der Waals surface area contributed by atoms with E-state index in [1.807, 2.05) is 91.0 Å². The highest BCUT2D eigenvalue weighted by Crippen LogP contribution is 2.54. The molecule has 0 fully saturated rings. The molecule has 3 aromatic rings. The molecule has 5 heteroatoms. The Kier molecular flexibility index (Phi) is 7.35. The maximum Gasteiger partial charge on any atom is 0.363 e. The van der Waals surface area contributed by atoms with Crippen molar-refractivity contribution >= 4 is 13.7 Å². The molecule has 0 saturated heterocycles. The zero-order chi connectivity index (χ0) is 19.7. The van der Waals surface area contributed by atoms with Crippen LogP contribution in [0.4, 0.5) is 0 Å². The summed E-state index contributed by atoms with van der Waals surface area (Å²) >= 11 is 0. The van der Waals surface area contributed by atoms with Crippen molar-refractivity contribution in [2.75, 3.05) is 0 Å². The van der Waals surface area contributed by atoms with Crippen molar-refractivity contribution in [3.8, 4) is 0 Å². The minimum absolute atomic E-state index is 0.0865. The molecule has 0 radical (unpaired) electrons. The molecule has 28 heavy (non-hydrogen) atoms. The molecule has 0 bridgehead atoms. The second-order valence-electron chi connectivity index (χ2n) is 6.24. The van der Waals surface area contributed by atoms with E-state index in [-0.39, 0.29) is 13.2 Å². The first-order valence-corrected chi connectivity index (χ1v) is 10.6. The summed E-state index contributed by atoms with van der Waals surface area (Å²) in [5, 5.41) is 10.6. The minimum atomic E-state index is -3.81. The topological polar surface area (TPSA) is 55.8 Å². The van der Waals surface area contributed by atoms with E-state index in [2.05, 4.69) is 0 Å². The van der Waals surface area contributed by atoms with Gasteiger partial charge in [-0.3, -0.25) is 4.57 Å². The molecule has 3 aromatic carbocycles. The first kappa shape index (κ1) is 20.2.